The Kier molecular flexibility index (Phi) is 4.80. The number of rotatable bonds is 5. The molecule has 0 saturated carbocycles. The number of likely N-dealkylation sites (tertiary alicyclic amines) is 1. The first-order valence-electron chi connectivity index (χ1n) is 6.89. The molecule has 2 fully saturated rings. The van der Waals surface area contributed by atoms with Crippen molar-refractivity contribution in [2.45, 2.75) is 44.6 Å². The molecule has 0 aromatic rings. The predicted molar refractivity (Wildman–Crippen MR) is 66.6 cm³/mol. The molecule has 0 aromatic carbocycles. The van der Waals surface area contributed by atoms with Gasteiger partial charge in [-0.1, -0.05) is 0 Å². The van der Waals surface area contributed by atoms with Crippen LogP contribution < -0.4 is 5.73 Å². The molecule has 1 amide bonds. The molecule has 4 heteroatoms. The van der Waals surface area contributed by atoms with Crippen LogP contribution in [-0.2, 0) is 9.53 Å². The van der Waals surface area contributed by atoms with E-state index in [1.165, 1.54) is 19.3 Å². The second-order valence-corrected chi connectivity index (χ2v) is 5.32. The second kappa shape index (κ2) is 6.36. The van der Waals surface area contributed by atoms with E-state index < -0.39 is 0 Å². The molecule has 2 N–H and O–H groups in total. The minimum Gasteiger partial charge on any atom is -0.378 e. The molecule has 2 saturated heterocycles. The van der Waals surface area contributed by atoms with E-state index in [9.17, 15) is 4.79 Å². The lowest BCUT2D eigenvalue weighted by atomic mass is 9.97. The molecule has 2 aliphatic heterocycles. The Morgan fingerprint density at radius 3 is 2.94 bits per heavy atom. The zero-order valence-electron chi connectivity index (χ0n) is 10.6. The minimum absolute atomic E-state index is 0.0754. The quantitative estimate of drug-likeness (QED) is 0.784. The Balaban J connectivity index is 1.62. The molecule has 0 aliphatic carbocycles. The van der Waals surface area contributed by atoms with Gasteiger partial charge in [-0.05, 0) is 51.6 Å². The fourth-order valence-electron chi connectivity index (χ4n) is 2.91. The van der Waals surface area contributed by atoms with Crippen LogP contribution in [0, 0.1) is 5.92 Å². The van der Waals surface area contributed by atoms with Crippen molar-refractivity contribution in [3.8, 4) is 0 Å². The Morgan fingerprint density at radius 2 is 2.24 bits per heavy atom. The fourth-order valence-corrected chi connectivity index (χ4v) is 2.91. The van der Waals surface area contributed by atoms with Crippen molar-refractivity contribution in [2.75, 3.05) is 26.2 Å². The first kappa shape index (κ1) is 12.8. The highest BCUT2D eigenvalue weighted by atomic mass is 16.5. The van der Waals surface area contributed by atoms with Crippen LogP contribution in [0.5, 0.6) is 0 Å². The SMILES string of the molecule is NC(=O)C1CCCN(CCCC2CCCO2)C1. The number of nitrogens with zero attached hydrogens (tertiary/aromatic N) is 1. The minimum atomic E-state index is -0.131. The topological polar surface area (TPSA) is 55.6 Å². The number of ether oxygens (including phenoxy) is 1. The lowest BCUT2D eigenvalue weighted by molar-refractivity contribution is -0.123. The Morgan fingerprint density at radius 1 is 1.35 bits per heavy atom. The maximum Gasteiger partial charge on any atom is 0.221 e. The number of carbonyl (C=O) groups is 1. The zero-order valence-corrected chi connectivity index (χ0v) is 10.6. The van der Waals surface area contributed by atoms with Crippen molar-refractivity contribution in [3.05, 3.63) is 0 Å². The van der Waals surface area contributed by atoms with Crippen molar-refractivity contribution >= 4 is 5.91 Å². The van der Waals surface area contributed by atoms with E-state index in [0.29, 0.717) is 6.10 Å². The van der Waals surface area contributed by atoms with Crippen LogP contribution in [0.3, 0.4) is 0 Å². The third-order valence-electron chi connectivity index (χ3n) is 3.93. The molecular weight excluding hydrogens is 216 g/mol. The van der Waals surface area contributed by atoms with E-state index in [4.69, 9.17) is 10.5 Å². The summed E-state index contributed by atoms with van der Waals surface area (Å²) in [5, 5.41) is 0. The predicted octanol–water partition coefficient (Wildman–Crippen LogP) is 1.14. The summed E-state index contributed by atoms with van der Waals surface area (Å²) in [6, 6.07) is 0. The van der Waals surface area contributed by atoms with Crippen LogP contribution in [0.1, 0.15) is 38.5 Å². The van der Waals surface area contributed by atoms with Crippen LogP contribution >= 0.6 is 0 Å². The second-order valence-electron chi connectivity index (χ2n) is 5.32. The van der Waals surface area contributed by atoms with Gasteiger partial charge in [-0.15, -0.1) is 0 Å². The largest absolute Gasteiger partial charge is 0.378 e. The molecule has 17 heavy (non-hydrogen) atoms. The molecule has 2 heterocycles. The number of hydrogen-bond acceptors (Lipinski definition) is 3. The molecule has 2 rings (SSSR count). The van der Waals surface area contributed by atoms with Crippen molar-refractivity contribution in [1.82, 2.24) is 4.90 Å². The first-order valence-corrected chi connectivity index (χ1v) is 6.89. The van der Waals surface area contributed by atoms with Gasteiger partial charge in [0.25, 0.3) is 0 Å². The van der Waals surface area contributed by atoms with Crippen molar-refractivity contribution in [3.63, 3.8) is 0 Å². The summed E-state index contributed by atoms with van der Waals surface area (Å²) in [5.74, 6) is -0.0553. The van der Waals surface area contributed by atoms with Crippen LogP contribution in [0.2, 0.25) is 0 Å². The lowest BCUT2D eigenvalue weighted by Gasteiger charge is -2.31. The molecular formula is C13H24N2O2. The highest BCUT2D eigenvalue weighted by Gasteiger charge is 2.24. The van der Waals surface area contributed by atoms with E-state index >= 15 is 0 Å². The number of carbonyl (C=O) groups excluding carboxylic acids is 1. The maximum absolute atomic E-state index is 11.2. The van der Waals surface area contributed by atoms with Crippen LogP contribution in [0.25, 0.3) is 0 Å². The summed E-state index contributed by atoms with van der Waals surface area (Å²) in [6.07, 6.45) is 7.35. The summed E-state index contributed by atoms with van der Waals surface area (Å²) in [7, 11) is 0. The summed E-state index contributed by atoms with van der Waals surface area (Å²) < 4.78 is 5.61. The smallest absolute Gasteiger partial charge is 0.221 e. The van der Waals surface area contributed by atoms with Gasteiger partial charge >= 0.3 is 0 Å². The standard InChI is InChI=1S/C13H24N2O2/c14-13(16)11-4-1-7-15(10-11)8-2-5-12-6-3-9-17-12/h11-12H,1-10H2,(H2,14,16). The van der Waals surface area contributed by atoms with Gasteiger partial charge in [-0.2, -0.15) is 0 Å². The number of nitrogens with two attached hydrogens (primary N) is 1. The zero-order chi connectivity index (χ0) is 12.1. The van der Waals surface area contributed by atoms with Gasteiger partial charge in [0.2, 0.25) is 5.91 Å². The fraction of sp³-hybridized carbons (Fsp3) is 0.923. The van der Waals surface area contributed by atoms with E-state index in [2.05, 4.69) is 4.90 Å². The third-order valence-corrected chi connectivity index (χ3v) is 3.93. The maximum atomic E-state index is 11.2. The first-order chi connectivity index (χ1) is 8.25. The monoisotopic (exact) mass is 240 g/mol. The number of piperidine rings is 1. The van der Waals surface area contributed by atoms with Crippen LogP contribution in [-0.4, -0.2) is 43.2 Å². The normalized spacial score (nSPS) is 30.6. The molecule has 0 radical (unpaired) electrons. The van der Waals surface area contributed by atoms with Gasteiger partial charge in [-0.25, -0.2) is 0 Å². The van der Waals surface area contributed by atoms with E-state index in [1.54, 1.807) is 0 Å². The number of amides is 1. The molecule has 2 aliphatic rings. The van der Waals surface area contributed by atoms with E-state index in [1.807, 2.05) is 0 Å². The van der Waals surface area contributed by atoms with Gasteiger partial charge in [0.15, 0.2) is 0 Å². The van der Waals surface area contributed by atoms with Gasteiger partial charge < -0.3 is 15.4 Å². The van der Waals surface area contributed by atoms with Crippen molar-refractivity contribution < 1.29 is 9.53 Å². The number of primary amides is 1. The Bertz CT molecular complexity index is 252. The Hall–Kier alpha value is -0.610. The molecule has 0 spiro atoms. The van der Waals surface area contributed by atoms with Gasteiger partial charge in [0.1, 0.15) is 0 Å². The summed E-state index contributed by atoms with van der Waals surface area (Å²) >= 11 is 0. The van der Waals surface area contributed by atoms with Gasteiger partial charge in [0, 0.05) is 13.2 Å². The molecule has 4 nitrogen and oxygen atoms in total. The highest BCUT2D eigenvalue weighted by molar-refractivity contribution is 5.76. The van der Waals surface area contributed by atoms with Gasteiger partial charge in [-0.3, -0.25) is 4.79 Å². The Labute approximate surface area is 103 Å². The molecule has 0 aromatic heterocycles. The molecule has 98 valence electrons. The molecule has 2 unspecified atom stereocenters. The third kappa shape index (κ3) is 3.96. The average Bonchev–Trinajstić information content (AvgIpc) is 2.82. The van der Waals surface area contributed by atoms with E-state index in [0.717, 1.165) is 45.5 Å². The lowest BCUT2D eigenvalue weighted by Crippen LogP contribution is -2.41. The molecule has 0 bridgehead atoms. The van der Waals surface area contributed by atoms with Crippen LogP contribution in [0.4, 0.5) is 0 Å². The molecule has 2 atom stereocenters. The van der Waals surface area contributed by atoms with Crippen molar-refractivity contribution in [2.24, 2.45) is 11.7 Å². The number of hydrogen-bond donors (Lipinski definition) is 1. The summed E-state index contributed by atoms with van der Waals surface area (Å²) in [5.41, 5.74) is 5.37. The summed E-state index contributed by atoms with van der Waals surface area (Å²) in [6.45, 7) is 4.01. The average molecular weight is 240 g/mol. The highest BCUT2D eigenvalue weighted by Crippen LogP contribution is 2.19. The van der Waals surface area contributed by atoms with E-state index in [-0.39, 0.29) is 11.8 Å². The van der Waals surface area contributed by atoms with Gasteiger partial charge in [0.05, 0.1) is 12.0 Å². The summed E-state index contributed by atoms with van der Waals surface area (Å²) in [4.78, 5) is 13.5. The van der Waals surface area contributed by atoms with Crippen molar-refractivity contribution in [1.29, 1.82) is 0 Å². The van der Waals surface area contributed by atoms with Crippen LogP contribution in [0.15, 0.2) is 0 Å².